The first kappa shape index (κ1) is 20.6. The molecule has 0 saturated carbocycles. The normalized spacial score (nSPS) is 12.2. The number of amides is 1. The molecule has 0 unspecified atom stereocenters. The molecule has 160 valence electrons. The average molecular weight is 419 g/mol. The third-order valence-corrected chi connectivity index (χ3v) is 5.31. The Morgan fingerprint density at radius 2 is 1.81 bits per heavy atom. The van der Waals surface area contributed by atoms with Crippen LogP contribution >= 0.6 is 0 Å². The van der Waals surface area contributed by atoms with Crippen LogP contribution in [0.1, 0.15) is 38.4 Å². The SMILES string of the molecule is CCCCNC(=O)[C@H](C)n1nc(C)c2nn(-c3ccccc3)c(-n3cccc3)c2c1=O. The maximum atomic E-state index is 13.6. The van der Waals surface area contributed by atoms with E-state index in [1.807, 2.05) is 66.3 Å². The van der Waals surface area contributed by atoms with Gasteiger partial charge in [-0.15, -0.1) is 0 Å². The van der Waals surface area contributed by atoms with E-state index in [9.17, 15) is 9.59 Å². The molecule has 1 amide bonds. The Morgan fingerprint density at radius 1 is 1.10 bits per heavy atom. The van der Waals surface area contributed by atoms with E-state index in [2.05, 4.69) is 17.3 Å². The summed E-state index contributed by atoms with van der Waals surface area (Å²) >= 11 is 0. The number of benzene rings is 1. The zero-order chi connectivity index (χ0) is 22.0. The summed E-state index contributed by atoms with van der Waals surface area (Å²) < 4.78 is 4.87. The second-order valence-electron chi connectivity index (χ2n) is 7.54. The quantitative estimate of drug-likeness (QED) is 0.467. The van der Waals surface area contributed by atoms with E-state index < -0.39 is 6.04 Å². The largest absolute Gasteiger partial charge is 0.354 e. The van der Waals surface area contributed by atoms with Crippen LogP contribution in [-0.2, 0) is 4.79 Å². The minimum absolute atomic E-state index is 0.222. The maximum absolute atomic E-state index is 13.6. The van der Waals surface area contributed by atoms with Gasteiger partial charge in [0.25, 0.3) is 5.56 Å². The summed E-state index contributed by atoms with van der Waals surface area (Å²) in [5.41, 5.74) is 1.60. The molecule has 8 nitrogen and oxygen atoms in total. The average Bonchev–Trinajstić information content (AvgIpc) is 3.44. The molecule has 3 heterocycles. The lowest BCUT2D eigenvalue weighted by atomic mass is 10.2. The van der Waals surface area contributed by atoms with E-state index in [1.54, 1.807) is 11.6 Å². The van der Waals surface area contributed by atoms with Crippen LogP contribution in [0, 0.1) is 6.92 Å². The summed E-state index contributed by atoms with van der Waals surface area (Å²) in [6.07, 6.45) is 5.62. The highest BCUT2D eigenvalue weighted by Crippen LogP contribution is 2.25. The van der Waals surface area contributed by atoms with E-state index >= 15 is 0 Å². The molecule has 0 saturated heterocycles. The van der Waals surface area contributed by atoms with Gasteiger partial charge in [0.05, 0.1) is 11.4 Å². The molecule has 8 heteroatoms. The Morgan fingerprint density at radius 3 is 2.48 bits per heavy atom. The molecular weight excluding hydrogens is 392 g/mol. The predicted octanol–water partition coefficient (Wildman–Crippen LogP) is 3.16. The van der Waals surface area contributed by atoms with Crippen molar-refractivity contribution in [2.45, 2.75) is 39.7 Å². The lowest BCUT2D eigenvalue weighted by Crippen LogP contribution is -2.38. The molecule has 0 aliphatic heterocycles. The zero-order valence-electron chi connectivity index (χ0n) is 17.9. The first-order valence-corrected chi connectivity index (χ1v) is 10.5. The summed E-state index contributed by atoms with van der Waals surface area (Å²) in [4.78, 5) is 26.2. The van der Waals surface area contributed by atoms with Crippen molar-refractivity contribution < 1.29 is 4.79 Å². The van der Waals surface area contributed by atoms with Crippen molar-refractivity contribution in [3.8, 4) is 11.5 Å². The third kappa shape index (κ3) is 3.76. The number of nitrogens with zero attached hydrogens (tertiary/aromatic N) is 5. The van der Waals surface area contributed by atoms with Crippen LogP contribution in [0.4, 0.5) is 0 Å². The maximum Gasteiger partial charge on any atom is 0.280 e. The number of carbonyl (C=O) groups excluding carboxylic acids is 1. The number of hydrogen-bond donors (Lipinski definition) is 1. The number of hydrogen-bond acceptors (Lipinski definition) is 4. The zero-order valence-corrected chi connectivity index (χ0v) is 17.9. The monoisotopic (exact) mass is 418 g/mol. The van der Waals surface area contributed by atoms with Crippen LogP contribution in [0.3, 0.4) is 0 Å². The number of aryl methyl sites for hydroxylation is 1. The van der Waals surface area contributed by atoms with Gasteiger partial charge in [0.15, 0.2) is 5.82 Å². The lowest BCUT2D eigenvalue weighted by molar-refractivity contribution is -0.124. The van der Waals surface area contributed by atoms with Gasteiger partial charge in [0, 0.05) is 18.9 Å². The number of rotatable bonds is 7. The Hall–Kier alpha value is -3.68. The van der Waals surface area contributed by atoms with Crippen LogP contribution in [-0.4, -0.2) is 36.6 Å². The molecule has 0 aliphatic rings. The van der Waals surface area contributed by atoms with Crippen molar-refractivity contribution in [3.05, 3.63) is 70.9 Å². The summed E-state index contributed by atoms with van der Waals surface area (Å²) in [5, 5.41) is 12.5. The van der Waals surface area contributed by atoms with Gasteiger partial charge in [-0.2, -0.15) is 10.2 Å². The van der Waals surface area contributed by atoms with Crippen molar-refractivity contribution in [2.75, 3.05) is 6.54 Å². The Labute approximate surface area is 180 Å². The van der Waals surface area contributed by atoms with Gasteiger partial charge in [0.1, 0.15) is 16.9 Å². The second-order valence-corrected chi connectivity index (χ2v) is 7.54. The Bertz CT molecular complexity index is 1250. The fourth-order valence-electron chi connectivity index (χ4n) is 3.60. The number of para-hydroxylation sites is 1. The van der Waals surface area contributed by atoms with E-state index in [4.69, 9.17) is 5.10 Å². The molecule has 31 heavy (non-hydrogen) atoms. The summed E-state index contributed by atoms with van der Waals surface area (Å²) in [6.45, 7) is 6.14. The number of aromatic nitrogens is 5. The standard InChI is InChI=1S/C23H26N6O2/c1-4-5-13-24-21(30)17(3)28-23(31)19-20(16(2)25-28)26-29(18-11-7-6-8-12-18)22(19)27-14-9-10-15-27/h6-12,14-15,17H,4-5,13H2,1-3H3,(H,24,30)/t17-/m0/s1. The van der Waals surface area contributed by atoms with Crippen LogP contribution in [0.25, 0.3) is 22.4 Å². The molecule has 0 aliphatic carbocycles. The van der Waals surface area contributed by atoms with E-state index in [-0.39, 0.29) is 11.5 Å². The minimum Gasteiger partial charge on any atom is -0.354 e. The molecular formula is C23H26N6O2. The van der Waals surface area contributed by atoms with Crippen molar-refractivity contribution in [2.24, 2.45) is 0 Å². The molecule has 0 spiro atoms. The van der Waals surface area contributed by atoms with Crippen molar-refractivity contribution >= 4 is 16.8 Å². The van der Waals surface area contributed by atoms with Crippen LogP contribution in [0.2, 0.25) is 0 Å². The molecule has 0 bridgehead atoms. The molecule has 4 rings (SSSR count). The smallest absolute Gasteiger partial charge is 0.280 e. The number of unbranched alkanes of at least 4 members (excludes halogenated alkanes) is 1. The van der Waals surface area contributed by atoms with Crippen molar-refractivity contribution in [1.82, 2.24) is 29.4 Å². The van der Waals surface area contributed by atoms with E-state index in [0.29, 0.717) is 29.0 Å². The molecule has 4 aromatic rings. The minimum atomic E-state index is -0.731. The second kappa shape index (κ2) is 8.59. The number of carbonyl (C=O) groups is 1. The van der Waals surface area contributed by atoms with Crippen LogP contribution < -0.4 is 10.9 Å². The van der Waals surface area contributed by atoms with Gasteiger partial charge in [0.2, 0.25) is 5.91 Å². The molecule has 0 fully saturated rings. The molecule has 0 radical (unpaired) electrons. The van der Waals surface area contributed by atoms with Crippen molar-refractivity contribution in [1.29, 1.82) is 0 Å². The van der Waals surface area contributed by atoms with Crippen LogP contribution in [0.15, 0.2) is 59.7 Å². The van der Waals surface area contributed by atoms with E-state index in [0.717, 1.165) is 18.5 Å². The lowest BCUT2D eigenvalue weighted by Gasteiger charge is -2.15. The first-order valence-electron chi connectivity index (χ1n) is 10.5. The van der Waals surface area contributed by atoms with Crippen molar-refractivity contribution in [3.63, 3.8) is 0 Å². The molecule has 1 atom stereocenters. The highest BCUT2D eigenvalue weighted by molar-refractivity contribution is 5.88. The van der Waals surface area contributed by atoms with Gasteiger partial charge in [-0.3, -0.25) is 9.59 Å². The van der Waals surface area contributed by atoms with Gasteiger partial charge in [-0.05, 0) is 44.5 Å². The van der Waals surface area contributed by atoms with Gasteiger partial charge in [-0.25, -0.2) is 9.36 Å². The topological polar surface area (TPSA) is 86.7 Å². The Balaban J connectivity index is 1.92. The highest BCUT2D eigenvalue weighted by atomic mass is 16.2. The molecule has 3 aromatic heterocycles. The summed E-state index contributed by atoms with van der Waals surface area (Å²) in [7, 11) is 0. The number of fused-ring (bicyclic) bond motifs is 1. The fraction of sp³-hybridized carbons (Fsp3) is 0.304. The Kier molecular flexibility index (Phi) is 5.70. The van der Waals surface area contributed by atoms with Crippen LogP contribution in [0.5, 0.6) is 0 Å². The molecule has 1 N–H and O–H groups in total. The molecule has 1 aromatic carbocycles. The first-order chi connectivity index (χ1) is 15.0. The van der Waals surface area contributed by atoms with E-state index in [1.165, 1.54) is 4.68 Å². The van der Waals surface area contributed by atoms with Gasteiger partial charge >= 0.3 is 0 Å². The summed E-state index contributed by atoms with van der Waals surface area (Å²) in [6, 6.07) is 12.7. The van der Waals surface area contributed by atoms with Gasteiger partial charge < -0.3 is 9.88 Å². The van der Waals surface area contributed by atoms with Gasteiger partial charge in [-0.1, -0.05) is 31.5 Å². The number of nitrogens with one attached hydrogen (secondary N) is 1. The predicted molar refractivity (Wildman–Crippen MR) is 120 cm³/mol. The fourth-order valence-corrected chi connectivity index (χ4v) is 3.60. The third-order valence-electron chi connectivity index (χ3n) is 5.31. The summed E-state index contributed by atoms with van der Waals surface area (Å²) in [5.74, 6) is 0.397. The highest BCUT2D eigenvalue weighted by Gasteiger charge is 2.25.